The lowest BCUT2D eigenvalue weighted by Gasteiger charge is -2.22. The number of nitro groups is 1. The van der Waals surface area contributed by atoms with Crippen LogP contribution >= 0.6 is 0 Å². The molecule has 0 bridgehead atoms. The normalized spacial score (nSPS) is 10.9. The molecule has 0 aliphatic carbocycles. The van der Waals surface area contributed by atoms with Crippen LogP contribution in [-0.2, 0) is 0 Å². The minimum atomic E-state index is -0.433. The van der Waals surface area contributed by atoms with Gasteiger partial charge in [0.25, 0.3) is 0 Å². The second-order valence-corrected chi connectivity index (χ2v) is 6.31. The van der Waals surface area contributed by atoms with E-state index in [0.717, 1.165) is 22.3 Å². The number of rotatable bonds is 5. The highest BCUT2D eigenvalue weighted by Gasteiger charge is 2.29. The van der Waals surface area contributed by atoms with Gasteiger partial charge in [-0.2, -0.15) is 0 Å². The Labute approximate surface area is 161 Å². The number of fused-ring (bicyclic) bond motifs is 1. The first-order chi connectivity index (χ1) is 13.6. The Kier molecular flexibility index (Phi) is 4.44. The molecule has 8 heteroatoms. The lowest BCUT2D eigenvalue weighted by molar-refractivity contribution is -0.384. The lowest BCUT2D eigenvalue weighted by Crippen LogP contribution is -2.20. The van der Waals surface area contributed by atoms with Gasteiger partial charge in [0, 0.05) is 12.2 Å². The van der Waals surface area contributed by atoms with Crippen LogP contribution in [-0.4, -0.2) is 31.0 Å². The summed E-state index contributed by atoms with van der Waals surface area (Å²) < 4.78 is 1.63. The quantitative estimate of drug-likeness (QED) is 0.384. The Morgan fingerprint density at radius 1 is 1.11 bits per heavy atom. The van der Waals surface area contributed by atoms with Crippen LogP contribution in [0.2, 0.25) is 0 Å². The molecule has 0 unspecified atom stereocenters. The smallest absolute Gasteiger partial charge is 0.321 e. The van der Waals surface area contributed by atoms with E-state index in [-0.39, 0.29) is 17.3 Å². The van der Waals surface area contributed by atoms with Crippen LogP contribution in [0.15, 0.2) is 61.2 Å². The number of nitrogens with zero attached hydrogens (tertiary/aromatic N) is 6. The number of anilines is 2. The average Bonchev–Trinajstić information content (AvgIpc) is 3.12. The summed E-state index contributed by atoms with van der Waals surface area (Å²) in [5, 5.41) is 12.1. The van der Waals surface area contributed by atoms with Crippen molar-refractivity contribution in [1.82, 2.24) is 19.5 Å². The lowest BCUT2D eigenvalue weighted by atomic mass is 10.2. The van der Waals surface area contributed by atoms with Crippen molar-refractivity contribution < 1.29 is 4.92 Å². The van der Waals surface area contributed by atoms with Crippen molar-refractivity contribution in [2.45, 2.75) is 13.8 Å². The Morgan fingerprint density at radius 3 is 2.68 bits per heavy atom. The molecule has 0 fully saturated rings. The van der Waals surface area contributed by atoms with Gasteiger partial charge in [0.1, 0.15) is 12.7 Å². The highest BCUT2D eigenvalue weighted by atomic mass is 16.6. The van der Waals surface area contributed by atoms with Crippen molar-refractivity contribution in [3.63, 3.8) is 0 Å². The summed E-state index contributed by atoms with van der Waals surface area (Å²) in [5.74, 6) is 0.440. The van der Waals surface area contributed by atoms with Crippen LogP contribution in [0.4, 0.5) is 17.2 Å². The summed E-state index contributed by atoms with van der Waals surface area (Å²) in [4.78, 5) is 26.3. The van der Waals surface area contributed by atoms with Gasteiger partial charge in [-0.05, 0) is 43.7 Å². The average molecular weight is 374 g/mol. The molecule has 0 N–H and O–H groups in total. The fourth-order valence-corrected chi connectivity index (χ4v) is 3.28. The first kappa shape index (κ1) is 17.6. The Hall–Kier alpha value is -3.81. The van der Waals surface area contributed by atoms with E-state index in [2.05, 4.69) is 15.0 Å². The van der Waals surface area contributed by atoms with E-state index in [9.17, 15) is 10.1 Å². The van der Waals surface area contributed by atoms with Gasteiger partial charge in [-0.25, -0.2) is 15.0 Å². The molecule has 140 valence electrons. The summed E-state index contributed by atoms with van der Waals surface area (Å²) in [6, 6.07) is 15.2. The standard InChI is InChI=1S/C20H18N6O2/c1-3-24(15-8-6-7-14(2)11-15)19-18(26(27)28)20(22-12-21-19)25-13-23-16-9-4-5-10-17(16)25/h4-13H,3H2,1-2H3. The molecule has 2 heterocycles. The molecule has 4 aromatic rings. The second-order valence-electron chi connectivity index (χ2n) is 6.31. The zero-order chi connectivity index (χ0) is 19.7. The molecule has 0 saturated heterocycles. The van der Waals surface area contributed by atoms with Crippen molar-refractivity contribution >= 4 is 28.2 Å². The second kappa shape index (κ2) is 7.07. The van der Waals surface area contributed by atoms with Crippen molar-refractivity contribution in [2.75, 3.05) is 11.4 Å². The predicted molar refractivity (Wildman–Crippen MR) is 107 cm³/mol. The van der Waals surface area contributed by atoms with Gasteiger partial charge in [-0.3, -0.25) is 14.7 Å². The van der Waals surface area contributed by atoms with Gasteiger partial charge in [-0.1, -0.05) is 24.3 Å². The molecular formula is C20H18N6O2. The van der Waals surface area contributed by atoms with E-state index in [0.29, 0.717) is 6.54 Å². The molecule has 0 aliphatic rings. The Bertz CT molecular complexity index is 1170. The summed E-state index contributed by atoms with van der Waals surface area (Å²) in [7, 11) is 0. The van der Waals surface area contributed by atoms with E-state index in [1.54, 1.807) is 10.9 Å². The van der Waals surface area contributed by atoms with Crippen LogP contribution in [0, 0.1) is 17.0 Å². The van der Waals surface area contributed by atoms with Crippen LogP contribution in [0.25, 0.3) is 16.9 Å². The number of benzene rings is 2. The Balaban J connectivity index is 1.94. The van der Waals surface area contributed by atoms with Crippen LogP contribution < -0.4 is 4.90 Å². The number of hydrogen-bond acceptors (Lipinski definition) is 6. The number of para-hydroxylation sites is 2. The number of aromatic nitrogens is 4. The minimum absolute atomic E-state index is 0.158. The fraction of sp³-hybridized carbons (Fsp3) is 0.150. The van der Waals surface area contributed by atoms with E-state index >= 15 is 0 Å². The van der Waals surface area contributed by atoms with Gasteiger partial charge in [-0.15, -0.1) is 0 Å². The zero-order valence-corrected chi connectivity index (χ0v) is 15.5. The highest BCUT2D eigenvalue weighted by Crippen LogP contribution is 2.35. The molecule has 0 aliphatic heterocycles. The van der Waals surface area contributed by atoms with Crippen molar-refractivity contribution in [3.05, 3.63) is 76.9 Å². The summed E-state index contributed by atoms with van der Waals surface area (Å²) in [6.45, 7) is 4.43. The number of aryl methyl sites for hydroxylation is 1. The van der Waals surface area contributed by atoms with Crippen molar-refractivity contribution in [3.8, 4) is 5.82 Å². The summed E-state index contributed by atoms with van der Waals surface area (Å²) in [6.07, 6.45) is 2.90. The molecule has 0 radical (unpaired) electrons. The molecule has 2 aromatic carbocycles. The molecule has 0 saturated carbocycles. The third kappa shape index (κ3) is 2.94. The summed E-state index contributed by atoms with van der Waals surface area (Å²) in [5.41, 5.74) is 3.23. The zero-order valence-electron chi connectivity index (χ0n) is 15.5. The molecule has 8 nitrogen and oxygen atoms in total. The maximum absolute atomic E-state index is 12.1. The first-order valence-electron chi connectivity index (χ1n) is 8.86. The largest absolute Gasteiger partial charge is 0.354 e. The minimum Gasteiger partial charge on any atom is -0.321 e. The SMILES string of the molecule is CCN(c1cccc(C)c1)c1ncnc(-n2cnc3ccccc32)c1[N+](=O)[O-]. The molecule has 28 heavy (non-hydrogen) atoms. The van der Waals surface area contributed by atoms with E-state index in [1.807, 2.05) is 67.3 Å². The van der Waals surface area contributed by atoms with Crippen LogP contribution in [0.3, 0.4) is 0 Å². The third-order valence-electron chi connectivity index (χ3n) is 4.53. The van der Waals surface area contributed by atoms with E-state index in [1.165, 1.54) is 6.33 Å². The molecule has 4 rings (SSSR count). The third-order valence-corrected chi connectivity index (χ3v) is 4.53. The fourth-order valence-electron chi connectivity index (χ4n) is 3.28. The van der Waals surface area contributed by atoms with Crippen molar-refractivity contribution in [2.24, 2.45) is 0 Å². The molecule has 0 atom stereocenters. The van der Waals surface area contributed by atoms with Gasteiger partial charge in [0.15, 0.2) is 0 Å². The maximum Gasteiger partial charge on any atom is 0.354 e. The van der Waals surface area contributed by atoms with Gasteiger partial charge in [0.2, 0.25) is 11.6 Å². The summed E-state index contributed by atoms with van der Waals surface area (Å²) >= 11 is 0. The van der Waals surface area contributed by atoms with Crippen LogP contribution in [0.1, 0.15) is 12.5 Å². The van der Waals surface area contributed by atoms with Gasteiger partial charge >= 0.3 is 5.69 Å². The highest BCUT2D eigenvalue weighted by molar-refractivity contribution is 5.80. The molecular weight excluding hydrogens is 356 g/mol. The topological polar surface area (TPSA) is 90.0 Å². The van der Waals surface area contributed by atoms with E-state index < -0.39 is 4.92 Å². The maximum atomic E-state index is 12.1. The van der Waals surface area contributed by atoms with Gasteiger partial charge < -0.3 is 4.90 Å². The monoisotopic (exact) mass is 374 g/mol. The number of imidazole rings is 1. The van der Waals surface area contributed by atoms with E-state index in [4.69, 9.17) is 0 Å². The number of hydrogen-bond donors (Lipinski definition) is 0. The Morgan fingerprint density at radius 2 is 1.93 bits per heavy atom. The molecule has 0 spiro atoms. The molecule has 2 aromatic heterocycles. The van der Waals surface area contributed by atoms with Crippen LogP contribution in [0.5, 0.6) is 0 Å². The molecule has 0 amide bonds. The predicted octanol–water partition coefficient (Wildman–Crippen LogP) is 4.19. The first-order valence-corrected chi connectivity index (χ1v) is 8.86. The van der Waals surface area contributed by atoms with Gasteiger partial charge in [0.05, 0.1) is 16.0 Å². The van der Waals surface area contributed by atoms with Crippen molar-refractivity contribution in [1.29, 1.82) is 0 Å².